The molecular formula is C20H25N3O5S2. The number of sulfonamides is 1. The first kappa shape index (κ1) is 22.2. The Morgan fingerprint density at radius 3 is 2.43 bits per heavy atom. The molecule has 0 radical (unpaired) electrons. The summed E-state index contributed by atoms with van der Waals surface area (Å²) in [5.74, 6) is -0.604. The number of anilines is 1. The maximum Gasteiger partial charge on any atom is 0.309 e. The molecule has 1 saturated heterocycles. The average Bonchev–Trinajstić information content (AvgIpc) is 3.07. The number of rotatable bonds is 6. The summed E-state index contributed by atoms with van der Waals surface area (Å²) in [4.78, 5) is 31.2. The molecule has 1 N–H and O–H groups in total. The molecule has 8 nitrogen and oxygen atoms in total. The van der Waals surface area contributed by atoms with E-state index in [1.807, 2.05) is 6.92 Å². The number of ether oxygens (including phenoxy) is 1. The van der Waals surface area contributed by atoms with Crippen LogP contribution in [0.15, 0.2) is 29.2 Å². The fraction of sp³-hybridized carbons (Fsp3) is 0.450. The first-order chi connectivity index (χ1) is 14.2. The van der Waals surface area contributed by atoms with E-state index in [0.29, 0.717) is 43.1 Å². The highest BCUT2D eigenvalue weighted by Crippen LogP contribution is 2.28. The zero-order valence-electron chi connectivity index (χ0n) is 17.2. The molecule has 1 aromatic heterocycles. The van der Waals surface area contributed by atoms with Crippen LogP contribution >= 0.6 is 11.3 Å². The second-order valence-corrected chi connectivity index (χ2v) is 9.85. The zero-order chi connectivity index (χ0) is 21.9. The van der Waals surface area contributed by atoms with Crippen molar-refractivity contribution in [3.63, 3.8) is 0 Å². The number of benzene rings is 1. The van der Waals surface area contributed by atoms with Gasteiger partial charge >= 0.3 is 5.97 Å². The number of aryl methyl sites for hydroxylation is 2. The molecule has 0 saturated carbocycles. The second kappa shape index (κ2) is 9.13. The number of aromatic nitrogens is 1. The first-order valence-electron chi connectivity index (χ1n) is 9.74. The third-order valence-corrected chi connectivity index (χ3v) is 7.49. The van der Waals surface area contributed by atoms with Gasteiger partial charge in [0.05, 0.1) is 23.1 Å². The summed E-state index contributed by atoms with van der Waals surface area (Å²) in [6, 6.07) is 6.49. The Morgan fingerprint density at radius 2 is 1.83 bits per heavy atom. The number of carbonyl (C=O) groups excluding carboxylic acids is 2. The summed E-state index contributed by atoms with van der Waals surface area (Å²) >= 11 is 1.02. The molecule has 0 atom stereocenters. The van der Waals surface area contributed by atoms with Gasteiger partial charge in [-0.05, 0) is 45.7 Å². The number of thiazole rings is 1. The molecule has 3 rings (SSSR count). The van der Waals surface area contributed by atoms with Crippen molar-refractivity contribution in [3.8, 4) is 0 Å². The highest BCUT2D eigenvalue weighted by Gasteiger charge is 2.30. The number of piperidine rings is 1. The van der Waals surface area contributed by atoms with Crippen LogP contribution in [-0.4, -0.2) is 49.9 Å². The van der Waals surface area contributed by atoms with Crippen LogP contribution in [0.4, 0.5) is 5.13 Å². The van der Waals surface area contributed by atoms with Crippen molar-refractivity contribution in [1.29, 1.82) is 0 Å². The lowest BCUT2D eigenvalue weighted by molar-refractivity contribution is -0.149. The van der Waals surface area contributed by atoms with Crippen molar-refractivity contribution in [2.75, 3.05) is 24.4 Å². The van der Waals surface area contributed by atoms with Crippen molar-refractivity contribution in [2.45, 2.75) is 38.5 Å². The SMILES string of the molecule is CCOC(=O)C1CCN(C(=O)c2sc(NS(=O)(=O)c3ccc(C)cc3)nc2C)CC1. The van der Waals surface area contributed by atoms with Crippen LogP contribution in [0.5, 0.6) is 0 Å². The van der Waals surface area contributed by atoms with Gasteiger partial charge in [0.15, 0.2) is 5.13 Å². The Kier molecular flexibility index (Phi) is 6.77. The normalized spacial score (nSPS) is 15.1. The summed E-state index contributed by atoms with van der Waals surface area (Å²) < 4.78 is 32.7. The lowest BCUT2D eigenvalue weighted by atomic mass is 9.97. The van der Waals surface area contributed by atoms with Crippen molar-refractivity contribution in [1.82, 2.24) is 9.88 Å². The minimum atomic E-state index is -3.78. The van der Waals surface area contributed by atoms with Crippen LogP contribution in [0.2, 0.25) is 0 Å². The van der Waals surface area contributed by atoms with E-state index in [1.165, 1.54) is 12.1 Å². The molecule has 2 heterocycles. The molecule has 162 valence electrons. The van der Waals surface area contributed by atoms with Crippen LogP contribution < -0.4 is 4.72 Å². The molecule has 10 heteroatoms. The Hall–Kier alpha value is -2.46. The predicted molar refractivity (Wildman–Crippen MR) is 114 cm³/mol. The van der Waals surface area contributed by atoms with Gasteiger partial charge in [0.25, 0.3) is 15.9 Å². The van der Waals surface area contributed by atoms with E-state index in [0.717, 1.165) is 16.9 Å². The summed E-state index contributed by atoms with van der Waals surface area (Å²) in [6.45, 7) is 6.57. The van der Waals surface area contributed by atoms with Crippen LogP contribution in [0.3, 0.4) is 0 Å². The largest absolute Gasteiger partial charge is 0.466 e. The molecule has 1 aromatic carbocycles. The van der Waals surface area contributed by atoms with Gasteiger partial charge in [-0.1, -0.05) is 29.0 Å². The van der Waals surface area contributed by atoms with Gasteiger partial charge in [0.2, 0.25) is 0 Å². The molecule has 1 fully saturated rings. The van der Waals surface area contributed by atoms with E-state index < -0.39 is 10.0 Å². The van der Waals surface area contributed by atoms with E-state index in [-0.39, 0.29) is 27.8 Å². The van der Waals surface area contributed by atoms with Gasteiger partial charge in [-0.3, -0.25) is 14.3 Å². The number of carbonyl (C=O) groups is 2. The average molecular weight is 452 g/mol. The molecule has 2 aromatic rings. The van der Waals surface area contributed by atoms with Crippen molar-refractivity contribution in [3.05, 3.63) is 40.4 Å². The Labute approximate surface area is 180 Å². The molecule has 0 bridgehead atoms. The predicted octanol–water partition coefficient (Wildman–Crippen LogP) is 2.98. The van der Waals surface area contributed by atoms with Crippen molar-refractivity contribution in [2.24, 2.45) is 5.92 Å². The zero-order valence-corrected chi connectivity index (χ0v) is 18.8. The molecule has 0 spiro atoms. The Balaban J connectivity index is 1.68. The maximum atomic E-state index is 12.9. The van der Waals surface area contributed by atoms with Crippen LogP contribution in [0.25, 0.3) is 0 Å². The standard InChI is InChI=1S/C20H25N3O5S2/c1-4-28-19(25)15-9-11-23(12-10-15)18(24)17-14(3)21-20(29-17)22-30(26,27)16-7-5-13(2)6-8-16/h5-8,15H,4,9-12H2,1-3H3,(H,21,22). The summed E-state index contributed by atoms with van der Waals surface area (Å²) in [7, 11) is -3.78. The highest BCUT2D eigenvalue weighted by molar-refractivity contribution is 7.93. The van der Waals surface area contributed by atoms with Gasteiger partial charge in [0, 0.05) is 13.1 Å². The number of nitrogens with one attached hydrogen (secondary N) is 1. The van der Waals surface area contributed by atoms with E-state index >= 15 is 0 Å². The van der Waals surface area contributed by atoms with Gasteiger partial charge in [0.1, 0.15) is 4.88 Å². The smallest absolute Gasteiger partial charge is 0.309 e. The van der Waals surface area contributed by atoms with E-state index in [9.17, 15) is 18.0 Å². The first-order valence-corrected chi connectivity index (χ1v) is 12.0. The second-order valence-electron chi connectivity index (χ2n) is 7.17. The fourth-order valence-corrected chi connectivity index (χ4v) is 5.42. The molecule has 0 unspecified atom stereocenters. The minimum Gasteiger partial charge on any atom is -0.466 e. The van der Waals surface area contributed by atoms with Crippen LogP contribution in [-0.2, 0) is 19.6 Å². The number of hydrogen-bond acceptors (Lipinski definition) is 7. The molecule has 0 aliphatic carbocycles. The summed E-state index contributed by atoms with van der Waals surface area (Å²) in [6.07, 6.45) is 1.10. The molecular weight excluding hydrogens is 426 g/mol. The topological polar surface area (TPSA) is 106 Å². The lowest BCUT2D eigenvalue weighted by Crippen LogP contribution is -2.40. The lowest BCUT2D eigenvalue weighted by Gasteiger charge is -2.30. The Morgan fingerprint density at radius 1 is 1.20 bits per heavy atom. The van der Waals surface area contributed by atoms with Crippen molar-refractivity contribution < 1.29 is 22.7 Å². The van der Waals surface area contributed by atoms with E-state index in [4.69, 9.17) is 4.74 Å². The molecule has 1 aliphatic rings. The van der Waals surface area contributed by atoms with E-state index in [1.54, 1.807) is 30.9 Å². The number of nitrogens with zero attached hydrogens (tertiary/aromatic N) is 2. The molecule has 1 aliphatic heterocycles. The van der Waals surface area contributed by atoms with Crippen molar-refractivity contribution >= 4 is 38.4 Å². The number of amides is 1. The molecule has 30 heavy (non-hydrogen) atoms. The fourth-order valence-electron chi connectivity index (χ4n) is 3.25. The summed E-state index contributed by atoms with van der Waals surface area (Å²) in [5.41, 5.74) is 1.43. The Bertz CT molecular complexity index is 1020. The third-order valence-electron chi connectivity index (χ3n) is 4.95. The highest BCUT2D eigenvalue weighted by atomic mass is 32.2. The van der Waals surface area contributed by atoms with E-state index in [2.05, 4.69) is 9.71 Å². The third kappa shape index (κ3) is 4.99. The minimum absolute atomic E-state index is 0.134. The number of hydrogen-bond donors (Lipinski definition) is 1. The summed E-state index contributed by atoms with van der Waals surface area (Å²) in [5, 5.41) is 0.151. The number of likely N-dealkylation sites (tertiary alicyclic amines) is 1. The van der Waals surface area contributed by atoms with Gasteiger partial charge in [-0.2, -0.15) is 0 Å². The van der Waals surface area contributed by atoms with Crippen LogP contribution in [0, 0.1) is 19.8 Å². The maximum absolute atomic E-state index is 12.9. The quantitative estimate of drug-likeness (QED) is 0.677. The monoisotopic (exact) mass is 451 g/mol. The molecule has 1 amide bonds. The van der Waals surface area contributed by atoms with Gasteiger partial charge in [-0.15, -0.1) is 0 Å². The number of esters is 1. The van der Waals surface area contributed by atoms with Gasteiger partial charge < -0.3 is 9.64 Å². The van der Waals surface area contributed by atoms with Crippen LogP contribution in [0.1, 0.15) is 40.7 Å². The van der Waals surface area contributed by atoms with Gasteiger partial charge in [-0.25, -0.2) is 13.4 Å².